The van der Waals surface area contributed by atoms with Gasteiger partial charge in [0.15, 0.2) is 16.4 Å². The van der Waals surface area contributed by atoms with Gasteiger partial charge in [0, 0.05) is 11.8 Å². The summed E-state index contributed by atoms with van der Waals surface area (Å²) in [5.41, 5.74) is 0.335. The molecule has 8 heteroatoms. The largest absolute Gasteiger partial charge is 0.482 e. The van der Waals surface area contributed by atoms with E-state index in [4.69, 9.17) is 9.84 Å². The van der Waals surface area contributed by atoms with Gasteiger partial charge in [-0.25, -0.2) is 13.2 Å². The third kappa shape index (κ3) is 5.82. The van der Waals surface area contributed by atoms with Gasteiger partial charge in [-0.3, -0.25) is 4.79 Å². The Morgan fingerprint density at radius 3 is 2.57 bits per heavy atom. The molecule has 1 aromatic rings. The van der Waals surface area contributed by atoms with Gasteiger partial charge in [0.25, 0.3) is 0 Å². The van der Waals surface area contributed by atoms with E-state index in [1.807, 2.05) is 0 Å². The van der Waals surface area contributed by atoms with Crippen LogP contribution in [0, 0.1) is 0 Å². The van der Waals surface area contributed by atoms with E-state index in [-0.39, 0.29) is 5.75 Å². The van der Waals surface area contributed by atoms with E-state index in [1.165, 1.54) is 26.0 Å². The summed E-state index contributed by atoms with van der Waals surface area (Å²) in [5.74, 6) is -2.11. The second kappa shape index (κ2) is 7.07. The molecule has 1 aromatic carbocycles. The zero-order valence-electron chi connectivity index (χ0n) is 11.7. The van der Waals surface area contributed by atoms with Crippen LogP contribution in [0.4, 0.5) is 5.69 Å². The van der Waals surface area contributed by atoms with Gasteiger partial charge in [-0.1, -0.05) is 6.07 Å². The summed E-state index contributed by atoms with van der Waals surface area (Å²) in [6.45, 7) is 2.51. The molecule has 0 heterocycles. The molecular formula is C13H17NO6S. The highest BCUT2D eigenvalue weighted by molar-refractivity contribution is 7.92. The Morgan fingerprint density at radius 2 is 2.00 bits per heavy atom. The fourth-order valence-electron chi connectivity index (χ4n) is 1.36. The molecule has 0 bridgehead atoms. The number of anilines is 1. The molecule has 21 heavy (non-hydrogen) atoms. The molecule has 7 nitrogen and oxygen atoms in total. The number of rotatable bonds is 7. The maximum atomic E-state index is 11.7. The van der Waals surface area contributed by atoms with Crippen molar-refractivity contribution in [3.8, 4) is 5.75 Å². The second-order valence-corrected chi connectivity index (χ2v) is 7.17. The summed E-state index contributed by atoms with van der Waals surface area (Å²) >= 11 is 0. The number of aliphatic carboxylic acids is 1. The first-order chi connectivity index (χ1) is 9.70. The normalized spacial score (nSPS) is 11.2. The number of nitrogens with one attached hydrogen (secondary N) is 1. The van der Waals surface area contributed by atoms with Gasteiger partial charge in [0.2, 0.25) is 5.91 Å². The van der Waals surface area contributed by atoms with Gasteiger partial charge in [-0.2, -0.15) is 0 Å². The van der Waals surface area contributed by atoms with Gasteiger partial charge >= 0.3 is 5.97 Å². The highest BCUT2D eigenvalue weighted by atomic mass is 32.2. The van der Waals surface area contributed by atoms with Crippen LogP contribution in [0.5, 0.6) is 5.75 Å². The third-order valence-corrected chi connectivity index (χ3v) is 4.63. The Bertz CT molecular complexity index is 623. The molecule has 0 aliphatic rings. The number of carbonyl (C=O) groups excluding carboxylic acids is 1. The lowest BCUT2D eigenvalue weighted by atomic mass is 10.3. The minimum absolute atomic E-state index is 0.266. The summed E-state index contributed by atoms with van der Waals surface area (Å²) in [6, 6.07) is 6.06. The van der Waals surface area contributed by atoms with E-state index in [2.05, 4.69) is 5.32 Å². The second-order valence-electron chi connectivity index (χ2n) is 4.61. The van der Waals surface area contributed by atoms with Crippen LogP contribution in [-0.2, 0) is 19.4 Å². The minimum atomic E-state index is -3.47. The molecular weight excluding hydrogens is 298 g/mol. The van der Waals surface area contributed by atoms with Crippen LogP contribution in [0.15, 0.2) is 24.3 Å². The van der Waals surface area contributed by atoms with Crippen LogP contribution in [0.1, 0.15) is 13.8 Å². The monoisotopic (exact) mass is 315 g/mol. The molecule has 0 atom stereocenters. The Labute approximate surface area is 122 Å². The maximum absolute atomic E-state index is 11.7. The average Bonchev–Trinajstić information content (AvgIpc) is 2.35. The lowest BCUT2D eigenvalue weighted by Gasteiger charge is -2.10. The fraction of sp³-hybridized carbons (Fsp3) is 0.385. The molecule has 0 spiro atoms. The summed E-state index contributed by atoms with van der Waals surface area (Å²) in [5, 5.41) is 10.3. The Kier molecular flexibility index (Phi) is 5.71. The molecule has 0 aliphatic carbocycles. The SMILES string of the molecule is CC(C)S(=O)(=O)CC(=O)Nc1cccc(OCC(=O)O)c1. The van der Waals surface area contributed by atoms with Crippen LogP contribution < -0.4 is 10.1 Å². The summed E-state index contributed by atoms with van der Waals surface area (Å²) in [6.07, 6.45) is 0. The minimum Gasteiger partial charge on any atom is -0.482 e. The van der Waals surface area contributed by atoms with E-state index in [0.717, 1.165) is 0 Å². The predicted octanol–water partition coefficient (Wildman–Crippen LogP) is 0.912. The molecule has 116 valence electrons. The number of hydrogen-bond donors (Lipinski definition) is 2. The molecule has 0 radical (unpaired) electrons. The van der Waals surface area contributed by atoms with Crippen molar-refractivity contribution in [1.82, 2.24) is 0 Å². The highest BCUT2D eigenvalue weighted by Gasteiger charge is 2.20. The molecule has 0 saturated carbocycles. The van der Waals surface area contributed by atoms with Crippen molar-refractivity contribution < 1.29 is 27.9 Å². The van der Waals surface area contributed by atoms with Gasteiger partial charge < -0.3 is 15.2 Å². The van der Waals surface area contributed by atoms with Crippen LogP contribution in [-0.4, -0.2) is 43.0 Å². The van der Waals surface area contributed by atoms with Gasteiger partial charge in [-0.05, 0) is 26.0 Å². The number of hydrogen-bond acceptors (Lipinski definition) is 5. The summed E-state index contributed by atoms with van der Waals surface area (Å²) < 4.78 is 28.2. The number of amides is 1. The maximum Gasteiger partial charge on any atom is 0.341 e. The number of carbonyl (C=O) groups is 2. The van der Waals surface area contributed by atoms with Gasteiger partial charge in [0.05, 0.1) is 5.25 Å². The van der Waals surface area contributed by atoms with Gasteiger partial charge in [-0.15, -0.1) is 0 Å². The van der Waals surface area contributed by atoms with E-state index >= 15 is 0 Å². The predicted molar refractivity (Wildman–Crippen MR) is 77.1 cm³/mol. The summed E-state index contributed by atoms with van der Waals surface area (Å²) in [7, 11) is -3.47. The molecule has 0 unspecified atom stereocenters. The summed E-state index contributed by atoms with van der Waals surface area (Å²) in [4.78, 5) is 22.1. The molecule has 0 aromatic heterocycles. The van der Waals surface area contributed by atoms with Crippen molar-refractivity contribution in [3.05, 3.63) is 24.3 Å². The Hall–Kier alpha value is -2.09. The number of ether oxygens (including phenoxy) is 1. The van der Waals surface area contributed by atoms with E-state index in [9.17, 15) is 18.0 Å². The number of carboxylic acid groups (broad SMARTS) is 1. The quantitative estimate of drug-likeness (QED) is 0.774. The molecule has 2 N–H and O–H groups in total. The number of carboxylic acids is 1. The van der Waals surface area contributed by atoms with E-state index in [0.29, 0.717) is 5.69 Å². The van der Waals surface area contributed by atoms with Gasteiger partial charge in [0.1, 0.15) is 11.5 Å². The van der Waals surface area contributed by atoms with E-state index in [1.54, 1.807) is 12.1 Å². The van der Waals surface area contributed by atoms with Crippen LogP contribution in [0.2, 0.25) is 0 Å². The van der Waals surface area contributed by atoms with Crippen molar-refractivity contribution in [2.45, 2.75) is 19.1 Å². The van der Waals surface area contributed by atoms with Crippen molar-refractivity contribution in [3.63, 3.8) is 0 Å². The Morgan fingerprint density at radius 1 is 1.33 bits per heavy atom. The number of benzene rings is 1. The highest BCUT2D eigenvalue weighted by Crippen LogP contribution is 2.17. The Balaban J connectivity index is 2.68. The van der Waals surface area contributed by atoms with E-state index < -0.39 is 39.3 Å². The molecule has 0 fully saturated rings. The van der Waals surface area contributed by atoms with Crippen molar-refractivity contribution >= 4 is 27.4 Å². The zero-order chi connectivity index (χ0) is 16.0. The first-order valence-corrected chi connectivity index (χ1v) is 7.88. The smallest absolute Gasteiger partial charge is 0.341 e. The van der Waals surface area contributed by atoms with Crippen LogP contribution >= 0.6 is 0 Å². The molecule has 1 amide bonds. The van der Waals surface area contributed by atoms with Crippen molar-refractivity contribution in [2.75, 3.05) is 17.7 Å². The van der Waals surface area contributed by atoms with Crippen LogP contribution in [0.3, 0.4) is 0 Å². The number of sulfone groups is 1. The lowest BCUT2D eigenvalue weighted by Crippen LogP contribution is -2.27. The van der Waals surface area contributed by atoms with Crippen molar-refractivity contribution in [2.24, 2.45) is 0 Å². The lowest BCUT2D eigenvalue weighted by molar-refractivity contribution is -0.139. The molecule has 1 rings (SSSR count). The van der Waals surface area contributed by atoms with Crippen LogP contribution in [0.25, 0.3) is 0 Å². The topological polar surface area (TPSA) is 110 Å². The molecule has 0 aliphatic heterocycles. The first-order valence-electron chi connectivity index (χ1n) is 6.17. The molecule has 0 saturated heterocycles. The average molecular weight is 315 g/mol. The standard InChI is InChI=1S/C13H17NO6S/c1-9(2)21(18,19)8-12(15)14-10-4-3-5-11(6-10)20-7-13(16)17/h3-6,9H,7-8H2,1-2H3,(H,14,15)(H,16,17). The first kappa shape index (κ1) is 17.0. The zero-order valence-corrected chi connectivity index (χ0v) is 12.5. The van der Waals surface area contributed by atoms with Crippen molar-refractivity contribution in [1.29, 1.82) is 0 Å². The third-order valence-electron chi connectivity index (χ3n) is 2.53. The fourth-order valence-corrected chi connectivity index (χ4v) is 2.13.